The number of rotatable bonds is 2. The Morgan fingerprint density at radius 3 is 2.69 bits per heavy atom. The van der Waals surface area contributed by atoms with Gasteiger partial charge in [-0.1, -0.05) is 12.1 Å². The van der Waals surface area contributed by atoms with Crippen LogP contribution in [0.5, 0.6) is 0 Å². The molecular formula is C12H7F2NO. The van der Waals surface area contributed by atoms with Crippen molar-refractivity contribution in [3.05, 3.63) is 53.7 Å². The molecule has 2 aromatic rings. The minimum Gasteiger partial charge on any atom is -0.298 e. The number of hydrogen-bond donors (Lipinski definition) is 0. The highest BCUT2D eigenvalue weighted by atomic mass is 19.1. The van der Waals surface area contributed by atoms with Crippen molar-refractivity contribution in [1.29, 1.82) is 0 Å². The van der Waals surface area contributed by atoms with Crippen LogP contribution in [0, 0.1) is 11.6 Å². The fourth-order valence-electron chi connectivity index (χ4n) is 1.35. The van der Waals surface area contributed by atoms with Crippen LogP contribution in [0.25, 0.3) is 11.3 Å². The average Bonchev–Trinajstić information content (AvgIpc) is 2.29. The van der Waals surface area contributed by atoms with Crippen molar-refractivity contribution in [3.63, 3.8) is 0 Å². The Hall–Kier alpha value is -2.10. The second-order valence-electron chi connectivity index (χ2n) is 3.22. The van der Waals surface area contributed by atoms with Crippen molar-refractivity contribution in [2.45, 2.75) is 0 Å². The van der Waals surface area contributed by atoms with Gasteiger partial charge >= 0.3 is 0 Å². The van der Waals surface area contributed by atoms with Gasteiger partial charge in [-0.05, 0) is 18.2 Å². The molecule has 0 N–H and O–H groups in total. The molecule has 0 aliphatic carbocycles. The van der Waals surface area contributed by atoms with E-state index >= 15 is 0 Å². The van der Waals surface area contributed by atoms with Gasteiger partial charge in [0.1, 0.15) is 5.82 Å². The number of aromatic nitrogens is 1. The first kappa shape index (κ1) is 10.4. The second-order valence-corrected chi connectivity index (χ2v) is 3.22. The van der Waals surface area contributed by atoms with Gasteiger partial charge in [-0.2, -0.15) is 0 Å². The van der Waals surface area contributed by atoms with E-state index in [0.717, 1.165) is 6.20 Å². The summed E-state index contributed by atoms with van der Waals surface area (Å²) in [6, 6.07) is 7.02. The first-order chi connectivity index (χ1) is 7.70. The average molecular weight is 219 g/mol. The van der Waals surface area contributed by atoms with Crippen LogP contribution in [-0.4, -0.2) is 11.3 Å². The minimum absolute atomic E-state index is 0.0886. The van der Waals surface area contributed by atoms with E-state index in [1.807, 2.05) is 0 Å². The van der Waals surface area contributed by atoms with Gasteiger partial charge in [0.25, 0.3) is 0 Å². The van der Waals surface area contributed by atoms with Crippen LogP contribution in [0.3, 0.4) is 0 Å². The predicted octanol–water partition coefficient (Wildman–Crippen LogP) is 2.84. The number of aldehydes is 1. The lowest BCUT2D eigenvalue weighted by atomic mass is 10.1. The highest BCUT2D eigenvalue weighted by Gasteiger charge is 2.06. The maximum atomic E-state index is 13.0. The maximum Gasteiger partial charge on any atom is 0.153 e. The summed E-state index contributed by atoms with van der Waals surface area (Å²) >= 11 is 0. The van der Waals surface area contributed by atoms with Gasteiger partial charge in [-0.15, -0.1) is 0 Å². The highest BCUT2D eigenvalue weighted by Crippen LogP contribution is 2.19. The summed E-state index contributed by atoms with van der Waals surface area (Å²) in [5.41, 5.74) is 0.778. The number of halogens is 2. The molecule has 2 rings (SSSR count). The van der Waals surface area contributed by atoms with Crippen LogP contribution in [0.1, 0.15) is 10.4 Å². The van der Waals surface area contributed by atoms with E-state index in [1.165, 1.54) is 24.3 Å². The van der Waals surface area contributed by atoms with Crippen LogP contribution in [0.15, 0.2) is 36.5 Å². The fraction of sp³-hybridized carbons (Fsp3) is 0. The molecule has 0 bridgehead atoms. The molecule has 0 saturated carbocycles. The van der Waals surface area contributed by atoms with Gasteiger partial charge in [0.15, 0.2) is 12.1 Å². The Morgan fingerprint density at radius 2 is 2.00 bits per heavy atom. The molecule has 2 nitrogen and oxygen atoms in total. The highest BCUT2D eigenvalue weighted by molar-refractivity contribution is 5.77. The van der Waals surface area contributed by atoms with E-state index in [1.54, 1.807) is 6.07 Å². The van der Waals surface area contributed by atoms with Gasteiger partial charge in [0, 0.05) is 5.56 Å². The van der Waals surface area contributed by atoms with Crippen LogP contribution < -0.4 is 0 Å². The molecule has 0 unspecified atom stereocenters. The van der Waals surface area contributed by atoms with E-state index in [4.69, 9.17) is 0 Å². The molecule has 0 saturated heterocycles. The summed E-state index contributed by atoms with van der Waals surface area (Å²) in [5, 5.41) is 0. The molecule has 4 heteroatoms. The predicted molar refractivity (Wildman–Crippen MR) is 55.0 cm³/mol. The van der Waals surface area contributed by atoms with Gasteiger partial charge in [0.05, 0.1) is 17.5 Å². The molecule has 80 valence electrons. The number of nitrogens with zero attached hydrogens (tertiary/aromatic N) is 1. The quantitative estimate of drug-likeness (QED) is 0.727. The third kappa shape index (κ3) is 1.95. The van der Waals surface area contributed by atoms with Crippen molar-refractivity contribution < 1.29 is 13.6 Å². The van der Waals surface area contributed by atoms with E-state index < -0.39 is 11.6 Å². The van der Waals surface area contributed by atoms with Crippen molar-refractivity contribution >= 4 is 6.29 Å². The van der Waals surface area contributed by atoms with Gasteiger partial charge in [-0.25, -0.2) is 8.78 Å². The summed E-state index contributed by atoms with van der Waals surface area (Å²) in [7, 11) is 0. The first-order valence-electron chi connectivity index (χ1n) is 4.57. The number of carbonyl (C=O) groups is 1. The second kappa shape index (κ2) is 4.18. The topological polar surface area (TPSA) is 30.0 Å². The molecule has 0 radical (unpaired) electrons. The SMILES string of the molecule is O=Cc1cc(-c2cccc(F)c2)ncc1F. The van der Waals surface area contributed by atoms with Crippen LogP contribution >= 0.6 is 0 Å². The summed E-state index contributed by atoms with van der Waals surface area (Å²) in [5.74, 6) is -1.09. The first-order valence-corrected chi connectivity index (χ1v) is 4.57. The number of hydrogen-bond acceptors (Lipinski definition) is 2. The minimum atomic E-state index is -0.685. The standard InChI is InChI=1S/C12H7F2NO/c13-10-3-1-2-8(4-10)12-5-9(7-16)11(14)6-15-12/h1-7H. The Bertz CT molecular complexity index is 540. The molecule has 1 aromatic heterocycles. The summed E-state index contributed by atoms with van der Waals surface area (Å²) < 4.78 is 25.9. The molecular weight excluding hydrogens is 212 g/mol. The third-order valence-corrected chi connectivity index (χ3v) is 2.13. The Kier molecular flexibility index (Phi) is 2.72. The zero-order valence-electron chi connectivity index (χ0n) is 8.15. The lowest BCUT2D eigenvalue weighted by molar-refractivity contribution is 0.111. The van der Waals surface area contributed by atoms with Gasteiger partial charge in [-0.3, -0.25) is 9.78 Å². The van der Waals surface area contributed by atoms with Crippen molar-refractivity contribution in [3.8, 4) is 11.3 Å². The third-order valence-electron chi connectivity index (χ3n) is 2.13. The van der Waals surface area contributed by atoms with Crippen molar-refractivity contribution in [1.82, 2.24) is 4.98 Å². The van der Waals surface area contributed by atoms with Crippen molar-refractivity contribution in [2.75, 3.05) is 0 Å². The van der Waals surface area contributed by atoms with Crippen molar-refractivity contribution in [2.24, 2.45) is 0 Å². The van der Waals surface area contributed by atoms with E-state index in [0.29, 0.717) is 17.5 Å². The number of benzene rings is 1. The molecule has 1 aromatic carbocycles. The monoisotopic (exact) mass is 219 g/mol. The van der Waals surface area contributed by atoms with E-state index in [9.17, 15) is 13.6 Å². The summed E-state index contributed by atoms with van der Waals surface area (Å²) in [6.07, 6.45) is 1.35. The molecule has 0 atom stereocenters. The zero-order chi connectivity index (χ0) is 11.5. The van der Waals surface area contributed by atoms with Crippen LogP contribution in [0.2, 0.25) is 0 Å². The molecule has 0 fully saturated rings. The largest absolute Gasteiger partial charge is 0.298 e. The molecule has 16 heavy (non-hydrogen) atoms. The molecule has 0 amide bonds. The normalized spacial score (nSPS) is 10.1. The van der Waals surface area contributed by atoms with Gasteiger partial charge < -0.3 is 0 Å². The maximum absolute atomic E-state index is 13.0. The summed E-state index contributed by atoms with van der Waals surface area (Å²) in [4.78, 5) is 14.3. The molecule has 1 heterocycles. The molecule has 0 spiro atoms. The van der Waals surface area contributed by atoms with E-state index in [2.05, 4.69) is 4.98 Å². The molecule has 0 aliphatic rings. The number of carbonyl (C=O) groups excluding carboxylic acids is 1. The van der Waals surface area contributed by atoms with Gasteiger partial charge in [0.2, 0.25) is 0 Å². The number of pyridine rings is 1. The lowest BCUT2D eigenvalue weighted by Gasteiger charge is -2.02. The fourth-order valence-corrected chi connectivity index (χ4v) is 1.35. The Labute approximate surface area is 90.6 Å². The zero-order valence-corrected chi connectivity index (χ0v) is 8.15. The molecule has 0 aliphatic heterocycles. The smallest absolute Gasteiger partial charge is 0.153 e. The lowest BCUT2D eigenvalue weighted by Crippen LogP contribution is -1.92. The Morgan fingerprint density at radius 1 is 1.19 bits per heavy atom. The van der Waals surface area contributed by atoms with Crippen LogP contribution in [-0.2, 0) is 0 Å². The van der Waals surface area contributed by atoms with Crippen LogP contribution in [0.4, 0.5) is 8.78 Å². The van der Waals surface area contributed by atoms with E-state index in [-0.39, 0.29) is 5.56 Å². The Balaban J connectivity index is 2.52. The summed E-state index contributed by atoms with van der Waals surface area (Å²) in [6.45, 7) is 0.